The van der Waals surface area contributed by atoms with E-state index in [4.69, 9.17) is 12.8 Å². The van der Waals surface area contributed by atoms with Crippen LogP contribution in [-0.2, 0) is 0 Å². The minimum absolute atomic E-state index is 0.851. The topological polar surface area (TPSA) is 0 Å². The van der Waals surface area contributed by atoms with E-state index in [1.165, 1.54) is 0 Å². The molecule has 0 nitrogen and oxygen atoms in total. The van der Waals surface area contributed by atoms with Gasteiger partial charge in [0.25, 0.3) is 0 Å². The van der Waals surface area contributed by atoms with Gasteiger partial charge in [-0.25, -0.2) is 0 Å². The first-order chi connectivity index (χ1) is 10.8. The van der Waals surface area contributed by atoms with Crippen LogP contribution in [0.5, 0.6) is 0 Å². The zero-order chi connectivity index (χ0) is 15.4. The molecule has 0 aliphatic carbocycles. The molecule has 0 heteroatoms. The molecule has 3 rings (SSSR count). The van der Waals surface area contributed by atoms with E-state index >= 15 is 0 Å². The van der Waals surface area contributed by atoms with Gasteiger partial charge in [0.05, 0.1) is 0 Å². The summed E-state index contributed by atoms with van der Waals surface area (Å²) in [6, 6.07) is 24.2. The van der Waals surface area contributed by atoms with Crippen molar-refractivity contribution in [2.75, 3.05) is 0 Å². The summed E-state index contributed by atoms with van der Waals surface area (Å²) in [5.41, 5.74) is 5.95. The van der Waals surface area contributed by atoms with Crippen LogP contribution in [0.4, 0.5) is 0 Å². The van der Waals surface area contributed by atoms with E-state index in [9.17, 15) is 0 Å². The molecule has 0 saturated carbocycles. The quantitative estimate of drug-likeness (QED) is 0.580. The van der Waals surface area contributed by atoms with Gasteiger partial charge in [-0.05, 0) is 34.4 Å². The molecule has 0 unspecified atom stereocenters. The van der Waals surface area contributed by atoms with Crippen LogP contribution in [0.15, 0.2) is 72.8 Å². The molecule has 0 heterocycles. The first-order valence-corrected chi connectivity index (χ1v) is 7.05. The zero-order valence-corrected chi connectivity index (χ0v) is 12.1. The van der Waals surface area contributed by atoms with E-state index in [1.54, 1.807) is 0 Å². The van der Waals surface area contributed by atoms with E-state index in [2.05, 4.69) is 30.0 Å². The summed E-state index contributed by atoms with van der Waals surface area (Å²) in [6.07, 6.45) is 11.3. The Morgan fingerprint density at radius 2 is 1.18 bits per heavy atom. The van der Waals surface area contributed by atoms with Crippen molar-refractivity contribution in [1.82, 2.24) is 0 Å². The Morgan fingerprint density at radius 1 is 0.545 bits per heavy atom. The molecule has 0 aliphatic rings. The first kappa shape index (κ1) is 13.7. The van der Waals surface area contributed by atoms with Crippen LogP contribution in [-0.4, -0.2) is 0 Å². The smallest absolute Gasteiger partial charge is 0.0327 e. The van der Waals surface area contributed by atoms with Crippen LogP contribution < -0.4 is 0 Å². The molecule has 0 fully saturated rings. The molecule has 0 aliphatic heterocycles. The lowest BCUT2D eigenvalue weighted by atomic mass is 9.93. The van der Waals surface area contributed by atoms with Crippen LogP contribution in [0.3, 0.4) is 0 Å². The van der Waals surface area contributed by atoms with Gasteiger partial charge < -0.3 is 0 Å². The molecule has 102 valence electrons. The normalized spacial score (nSPS) is 9.73. The molecule has 3 aromatic carbocycles. The van der Waals surface area contributed by atoms with E-state index in [-0.39, 0.29) is 0 Å². The number of hydrogen-bond donors (Lipinski definition) is 0. The number of hydrogen-bond acceptors (Lipinski definition) is 0. The molecule has 0 amide bonds. The van der Waals surface area contributed by atoms with Gasteiger partial charge in [0, 0.05) is 11.1 Å². The summed E-state index contributed by atoms with van der Waals surface area (Å²) in [4.78, 5) is 0. The highest BCUT2D eigenvalue weighted by atomic mass is 14.1. The molecule has 0 aromatic heterocycles. The molecule has 0 atom stereocenters. The van der Waals surface area contributed by atoms with Gasteiger partial charge in [0.1, 0.15) is 0 Å². The zero-order valence-electron chi connectivity index (χ0n) is 12.1. The summed E-state index contributed by atoms with van der Waals surface area (Å²) in [5.74, 6) is 5.51. The third kappa shape index (κ3) is 2.51. The van der Waals surface area contributed by atoms with Crippen LogP contribution in [0.1, 0.15) is 11.1 Å². The highest BCUT2D eigenvalue weighted by Crippen LogP contribution is 2.30. The van der Waals surface area contributed by atoms with Crippen LogP contribution >= 0.6 is 0 Å². The average Bonchev–Trinajstić information content (AvgIpc) is 2.62. The van der Waals surface area contributed by atoms with Crippen molar-refractivity contribution in [3.8, 4) is 46.9 Å². The van der Waals surface area contributed by atoms with Crippen molar-refractivity contribution >= 4 is 0 Å². The van der Waals surface area contributed by atoms with Crippen molar-refractivity contribution in [1.29, 1.82) is 0 Å². The molecule has 0 bridgehead atoms. The largest absolute Gasteiger partial charge is 0.115 e. The van der Waals surface area contributed by atoms with Crippen LogP contribution in [0.2, 0.25) is 0 Å². The molecule has 22 heavy (non-hydrogen) atoms. The third-order valence-corrected chi connectivity index (χ3v) is 3.65. The average molecular weight is 278 g/mol. The van der Waals surface area contributed by atoms with Crippen LogP contribution in [0.25, 0.3) is 22.3 Å². The van der Waals surface area contributed by atoms with Crippen molar-refractivity contribution in [3.05, 3.63) is 83.9 Å². The summed E-state index contributed by atoms with van der Waals surface area (Å²) in [6.45, 7) is 0. The van der Waals surface area contributed by atoms with E-state index in [0.717, 1.165) is 33.4 Å². The maximum absolute atomic E-state index is 5.72. The lowest BCUT2D eigenvalue weighted by Gasteiger charge is -2.10. The fraction of sp³-hybridized carbons (Fsp3) is 0. The van der Waals surface area contributed by atoms with Gasteiger partial charge in [0.2, 0.25) is 0 Å². The standard InChI is InChI=1S/C22H14/c1-3-17-10-8-9-13-21(17)22-15-14-20(16-18(22)4-2)19-11-6-5-7-12-19/h1-2,5-16H. The van der Waals surface area contributed by atoms with Gasteiger partial charge in [0.15, 0.2) is 0 Å². The SMILES string of the molecule is C#Cc1ccccc1-c1ccc(-c2ccccc2)cc1C#C. The first-order valence-electron chi connectivity index (χ1n) is 7.05. The summed E-state index contributed by atoms with van der Waals surface area (Å²) in [5, 5.41) is 0. The monoisotopic (exact) mass is 278 g/mol. The number of rotatable bonds is 2. The minimum atomic E-state index is 0.851. The number of benzene rings is 3. The van der Waals surface area contributed by atoms with Gasteiger partial charge in [-0.1, -0.05) is 72.5 Å². The van der Waals surface area contributed by atoms with Gasteiger partial charge >= 0.3 is 0 Å². The third-order valence-electron chi connectivity index (χ3n) is 3.65. The predicted molar refractivity (Wildman–Crippen MR) is 93.2 cm³/mol. The van der Waals surface area contributed by atoms with E-state index in [1.807, 2.05) is 54.6 Å². The van der Waals surface area contributed by atoms with Crippen LogP contribution in [0, 0.1) is 24.7 Å². The van der Waals surface area contributed by atoms with E-state index < -0.39 is 0 Å². The summed E-state index contributed by atoms with van der Waals surface area (Å²) >= 11 is 0. The highest BCUT2D eigenvalue weighted by Gasteiger charge is 2.08. The second-order valence-corrected chi connectivity index (χ2v) is 4.96. The molecular formula is C22H14. The highest BCUT2D eigenvalue weighted by molar-refractivity contribution is 5.79. The Balaban J connectivity index is 2.16. The maximum Gasteiger partial charge on any atom is 0.0327 e. The maximum atomic E-state index is 5.72. The lowest BCUT2D eigenvalue weighted by Crippen LogP contribution is -1.89. The Hall–Kier alpha value is -3.22. The number of terminal acetylenes is 2. The minimum Gasteiger partial charge on any atom is -0.115 e. The Bertz CT molecular complexity index is 887. The molecular weight excluding hydrogens is 264 g/mol. The van der Waals surface area contributed by atoms with Gasteiger partial charge in [-0.3, -0.25) is 0 Å². The van der Waals surface area contributed by atoms with Gasteiger partial charge in [-0.2, -0.15) is 0 Å². The van der Waals surface area contributed by atoms with Crippen molar-refractivity contribution in [3.63, 3.8) is 0 Å². The summed E-state index contributed by atoms with van der Waals surface area (Å²) in [7, 11) is 0. The molecule has 3 aromatic rings. The molecule has 0 saturated heterocycles. The fourth-order valence-electron chi connectivity index (χ4n) is 2.55. The van der Waals surface area contributed by atoms with E-state index in [0.29, 0.717) is 0 Å². The van der Waals surface area contributed by atoms with Crippen molar-refractivity contribution in [2.24, 2.45) is 0 Å². The molecule has 0 N–H and O–H groups in total. The predicted octanol–water partition coefficient (Wildman–Crippen LogP) is 4.98. The second kappa shape index (κ2) is 6.04. The Morgan fingerprint density at radius 3 is 1.91 bits per heavy atom. The Kier molecular flexibility index (Phi) is 3.78. The van der Waals surface area contributed by atoms with Crippen molar-refractivity contribution < 1.29 is 0 Å². The molecule has 0 radical (unpaired) electrons. The summed E-state index contributed by atoms with van der Waals surface area (Å²) < 4.78 is 0. The van der Waals surface area contributed by atoms with Crippen molar-refractivity contribution in [2.45, 2.75) is 0 Å². The lowest BCUT2D eigenvalue weighted by molar-refractivity contribution is 1.54. The second-order valence-electron chi connectivity index (χ2n) is 4.96. The van der Waals surface area contributed by atoms with Gasteiger partial charge in [-0.15, -0.1) is 12.8 Å². The molecule has 0 spiro atoms. The fourth-order valence-corrected chi connectivity index (χ4v) is 2.55. The Labute approximate surface area is 131 Å².